The Kier molecular flexibility index (Phi) is 6.92. The molecule has 5 heteroatoms. The second-order valence-corrected chi connectivity index (χ2v) is 8.35. The lowest BCUT2D eigenvalue weighted by atomic mass is 10.1. The zero-order chi connectivity index (χ0) is 20.8. The second-order valence-electron chi connectivity index (χ2n) is 8.35. The van der Waals surface area contributed by atoms with Gasteiger partial charge in [-0.05, 0) is 50.0 Å². The average molecular weight is 404 g/mol. The molecule has 3 aromatic rings. The highest BCUT2D eigenvalue weighted by molar-refractivity contribution is 5.20. The zero-order valence-corrected chi connectivity index (χ0v) is 18.2. The number of pyridine rings is 1. The number of benzene rings is 1. The third-order valence-electron chi connectivity index (χ3n) is 6.28. The van der Waals surface area contributed by atoms with Crippen LogP contribution in [0.4, 0.5) is 0 Å². The van der Waals surface area contributed by atoms with E-state index in [0.717, 1.165) is 32.7 Å². The van der Waals surface area contributed by atoms with Crippen molar-refractivity contribution in [2.24, 2.45) is 0 Å². The van der Waals surface area contributed by atoms with Gasteiger partial charge in [-0.1, -0.05) is 43.3 Å². The van der Waals surface area contributed by atoms with Crippen LogP contribution >= 0.6 is 0 Å². The Labute approximate surface area is 180 Å². The number of hydrogen-bond donors (Lipinski definition) is 0. The molecule has 158 valence electrons. The van der Waals surface area contributed by atoms with Gasteiger partial charge in [0, 0.05) is 49.3 Å². The molecular formula is C25H33N5. The van der Waals surface area contributed by atoms with E-state index in [9.17, 15) is 0 Å². The van der Waals surface area contributed by atoms with Gasteiger partial charge in [0.05, 0.1) is 12.7 Å². The van der Waals surface area contributed by atoms with E-state index in [-0.39, 0.29) is 0 Å². The van der Waals surface area contributed by atoms with Crippen LogP contribution in [0.2, 0.25) is 0 Å². The molecule has 3 heterocycles. The van der Waals surface area contributed by atoms with Gasteiger partial charge in [0.2, 0.25) is 0 Å². The quantitative estimate of drug-likeness (QED) is 0.539. The van der Waals surface area contributed by atoms with Crippen LogP contribution in [0.15, 0.2) is 61.1 Å². The van der Waals surface area contributed by atoms with Crippen molar-refractivity contribution in [1.82, 2.24) is 24.6 Å². The molecule has 0 saturated carbocycles. The summed E-state index contributed by atoms with van der Waals surface area (Å²) in [6, 6.07) is 15.4. The fourth-order valence-corrected chi connectivity index (χ4v) is 4.55. The van der Waals surface area contributed by atoms with Crippen molar-refractivity contribution in [3.63, 3.8) is 0 Å². The molecule has 0 radical (unpaired) electrons. The fraction of sp³-hybridized carbons (Fsp3) is 0.440. The summed E-state index contributed by atoms with van der Waals surface area (Å²) in [6.45, 7) is 10.6. The Balaban J connectivity index is 1.49. The molecule has 5 nitrogen and oxygen atoms in total. The standard InChI is InChI=1S/C25H33N5/c1-3-29-14-8-12-25(29)20-28(17-23-11-7-13-26-15-23)19-24-16-27-30(21(24)2)18-22-9-5-4-6-10-22/h4-7,9-11,13,15-16,25H,3,8,12,14,17-20H2,1-2H3/t25-/m1/s1. The van der Waals surface area contributed by atoms with Gasteiger partial charge in [-0.2, -0.15) is 5.10 Å². The first-order valence-electron chi connectivity index (χ1n) is 11.1. The van der Waals surface area contributed by atoms with E-state index in [0.29, 0.717) is 6.04 Å². The van der Waals surface area contributed by atoms with Crippen LogP contribution in [-0.4, -0.2) is 50.2 Å². The van der Waals surface area contributed by atoms with Gasteiger partial charge < -0.3 is 0 Å². The number of likely N-dealkylation sites (tertiary alicyclic amines) is 1. The lowest BCUT2D eigenvalue weighted by molar-refractivity contribution is 0.165. The van der Waals surface area contributed by atoms with E-state index in [4.69, 9.17) is 5.10 Å². The lowest BCUT2D eigenvalue weighted by Gasteiger charge is -2.30. The summed E-state index contributed by atoms with van der Waals surface area (Å²) in [5, 5.41) is 4.70. The molecule has 1 fully saturated rings. The molecule has 4 rings (SSSR count). The maximum absolute atomic E-state index is 4.70. The molecule has 0 unspecified atom stereocenters. The van der Waals surface area contributed by atoms with E-state index in [2.05, 4.69) is 75.9 Å². The molecule has 1 aliphatic rings. The van der Waals surface area contributed by atoms with Gasteiger partial charge in [0.15, 0.2) is 0 Å². The highest BCUT2D eigenvalue weighted by atomic mass is 15.3. The summed E-state index contributed by atoms with van der Waals surface area (Å²) in [4.78, 5) is 9.53. The minimum Gasteiger partial charge on any atom is -0.299 e. The van der Waals surface area contributed by atoms with Crippen LogP contribution in [0, 0.1) is 6.92 Å². The van der Waals surface area contributed by atoms with E-state index in [1.165, 1.54) is 41.8 Å². The van der Waals surface area contributed by atoms with E-state index in [1.807, 2.05) is 18.5 Å². The van der Waals surface area contributed by atoms with Crippen molar-refractivity contribution in [1.29, 1.82) is 0 Å². The minimum absolute atomic E-state index is 0.645. The third kappa shape index (κ3) is 5.15. The molecule has 1 atom stereocenters. The van der Waals surface area contributed by atoms with Crippen LogP contribution in [-0.2, 0) is 19.6 Å². The van der Waals surface area contributed by atoms with E-state index >= 15 is 0 Å². The molecular weight excluding hydrogens is 370 g/mol. The monoisotopic (exact) mass is 403 g/mol. The predicted octanol–water partition coefficient (Wildman–Crippen LogP) is 4.12. The molecule has 0 amide bonds. The van der Waals surface area contributed by atoms with Gasteiger partial charge in [0.25, 0.3) is 0 Å². The molecule has 0 bridgehead atoms. The molecule has 0 aliphatic carbocycles. The molecule has 2 aromatic heterocycles. The number of nitrogens with zero attached hydrogens (tertiary/aromatic N) is 5. The number of aromatic nitrogens is 3. The molecule has 0 spiro atoms. The maximum atomic E-state index is 4.70. The highest BCUT2D eigenvalue weighted by Gasteiger charge is 2.25. The van der Waals surface area contributed by atoms with Crippen LogP contribution in [0.5, 0.6) is 0 Å². The SMILES string of the molecule is CCN1CCC[C@@H]1CN(Cc1cccnc1)Cc1cnn(Cc2ccccc2)c1C. The molecule has 1 aromatic carbocycles. The Morgan fingerprint density at radius 1 is 1.03 bits per heavy atom. The third-order valence-corrected chi connectivity index (χ3v) is 6.28. The van der Waals surface area contributed by atoms with Gasteiger partial charge in [0.1, 0.15) is 0 Å². The second kappa shape index (κ2) is 10.0. The van der Waals surface area contributed by atoms with Gasteiger partial charge >= 0.3 is 0 Å². The number of hydrogen-bond acceptors (Lipinski definition) is 4. The lowest BCUT2D eigenvalue weighted by Crippen LogP contribution is -2.39. The van der Waals surface area contributed by atoms with Gasteiger partial charge in [-0.15, -0.1) is 0 Å². The van der Waals surface area contributed by atoms with Crippen LogP contribution in [0.3, 0.4) is 0 Å². The van der Waals surface area contributed by atoms with E-state index in [1.54, 1.807) is 0 Å². The first-order valence-corrected chi connectivity index (χ1v) is 11.1. The van der Waals surface area contributed by atoms with Gasteiger partial charge in [-0.3, -0.25) is 19.5 Å². The topological polar surface area (TPSA) is 37.2 Å². The number of rotatable bonds is 9. The Morgan fingerprint density at radius 3 is 2.63 bits per heavy atom. The van der Waals surface area contributed by atoms with Crippen LogP contribution in [0.25, 0.3) is 0 Å². The van der Waals surface area contributed by atoms with Crippen molar-refractivity contribution in [3.8, 4) is 0 Å². The summed E-state index contributed by atoms with van der Waals surface area (Å²) < 4.78 is 2.13. The van der Waals surface area contributed by atoms with Gasteiger partial charge in [-0.25, -0.2) is 0 Å². The maximum Gasteiger partial charge on any atom is 0.0662 e. The first-order chi connectivity index (χ1) is 14.7. The zero-order valence-electron chi connectivity index (χ0n) is 18.2. The van der Waals surface area contributed by atoms with E-state index < -0.39 is 0 Å². The van der Waals surface area contributed by atoms with Crippen molar-refractivity contribution >= 4 is 0 Å². The molecule has 1 aliphatic heterocycles. The fourth-order valence-electron chi connectivity index (χ4n) is 4.55. The number of likely N-dealkylation sites (N-methyl/N-ethyl adjacent to an activating group) is 1. The Bertz CT molecular complexity index is 906. The smallest absolute Gasteiger partial charge is 0.0662 e. The van der Waals surface area contributed by atoms with Crippen LogP contribution in [0.1, 0.15) is 42.1 Å². The summed E-state index contributed by atoms with van der Waals surface area (Å²) in [6.07, 6.45) is 8.50. The summed E-state index contributed by atoms with van der Waals surface area (Å²) in [5.74, 6) is 0. The molecule has 0 N–H and O–H groups in total. The Hall–Kier alpha value is -2.50. The molecule has 30 heavy (non-hydrogen) atoms. The summed E-state index contributed by atoms with van der Waals surface area (Å²) in [7, 11) is 0. The highest BCUT2D eigenvalue weighted by Crippen LogP contribution is 2.21. The predicted molar refractivity (Wildman–Crippen MR) is 121 cm³/mol. The minimum atomic E-state index is 0.645. The van der Waals surface area contributed by atoms with Crippen molar-refractivity contribution in [2.75, 3.05) is 19.6 Å². The largest absolute Gasteiger partial charge is 0.299 e. The van der Waals surface area contributed by atoms with Crippen molar-refractivity contribution < 1.29 is 0 Å². The first kappa shape index (κ1) is 20.8. The normalized spacial score (nSPS) is 17.1. The summed E-state index contributed by atoms with van der Waals surface area (Å²) in [5.41, 5.74) is 5.13. The van der Waals surface area contributed by atoms with Crippen molar-refractivity contribution in [3.05, 3.63) is 83.4 Å². The van der Waals surface area contributed by atoms with Crippen LogP contribution < -0.4 is 0 Å². The summed E-state index contributed by atoms with van der Waals surface area (Å²) >= 11 is 0. The molecule has 1 saturated heterocycles. The average Bonchev–Trinajstić information content (AvgIpc) is 3.36. The van der Waals surface area contributed by atoms with Crippen molar-refractivity contribution in [2.45, 2.75) is 52.4 Å². The Morgan fingerprint density at radius 2 is 1.87 bits per heavy atom.